The molecular formula is C15H13BrN2O2. The van der Waals surface area contributed by atoms with Gasteiger partial charge in [-0.15, -0.1) is 0 Å². The van der Waals surface area contributed by atoms with Gasteiger partial charge in [-0.3, -0.25) is 0 Å². The van der Waals surface area contributed by atoms with Crippen LogP contribution in [0.2, 0.25) is 0 Å². The Morgan fingerprint density at radius 1 is 1.05 bits per heavy atom. The highest BCUT2D eigenvalue weighted by atomic mass is 79.9. The predicted molar refractivity (Wildman–Crippen MR) is 82.3 cm³/mol. The molecule has 0 spiro atoms. The topological polar surface area (TPSA) is 47.1 Å². The lowest BCUT2D eigenvalue weighted by molar-refractivity contribution is 0.412. The van der Waals surface area contributed by atoms with Gasteiger partial charge in [-0.2, -0.15) is 0 Å². The van der Waals surface area contributed by atoms with Gasteiger partial charge in [-0.1, -0.05) is 0 Å². The summed E-state index contributed by atoms with van der Waals surface area (Å²) < 4.78 is 11.3. The van der Waals surface area contributed by atoms with E-state index in [0.717, 1.165) is 38.4 Å². The van der Waals surface area contributed by atoms with Crippen LogP contribution >= 0.6 is 15.9 Å². The van der Waals surface area contributed by atoms with E-state index in [1.165, 1.54) is 0 Å². The number of hydrogen-bond acceptors (Lipinski definition) is 3. The smallest absolute Gasteiger partial charge is 0.138 e. The SMILES string of the molecule is COc1ccc2nc(-c3ccc(OC)c(Br)c3)[nH]c2c1. The van der Waals surface area contributed by atoms with Crippen LogP contribution in [0.3, 0.4) is 0 Å². The summed E-state index contributed by atoms with van der Waals surface area (Å²) in [4.78, 5) is 7.88. The van der Waals surface area contributed by atoms with Crippen LogP contribution in [0, 0.1) is 0 Å². The van der Waals surface area contributed by atoms with Gasteiger partial charge in [0.05, 0.1) is 29.7 Å². The summed E-state index contributed by atoms with van der Waals surface area (Å²) in [5.74, 6) is 2.42. The van der Waals surface area contributed by atoms with E-state index in [1.807, 2.05) is 36.4 Å². The first-order chi connectivity index (χ1) is 9.71. The molecule has 0 saturated heterocycles. The summed E-state index contributed by atoms with van der Waals surface area (Å²) in [6, 6.07) is 11.6. The minimum absolute atomic E-state index is 0.798. The molecule has 0 radical (unpaired) electrons. The van der Waals surface area contributed by atoms with E-state index >= 15 is 0 Å². The zero-order valence-electron chi connectivity index (χ0n) is 11.1. The molecule has 0 saturated carbocycles. The molecule has 0 aliphatic carbocycles. The van der Waals surface area contributed by atoms with Gasteiger partial charge in [0.2, 0.25) is 0 Å². The number of imidazole rings is 1. The molecule has 1 heterocycles. The van der Waals surface area contributed by atoms with Crippen LogP contribution in [0.5, 0.6) is 11.5 Å². The van der Waals surface area contributed by atoms with Crippen LogP contribution < -0.4 is 9.47 Å². The third-order valence-corrected chi connectivity index (χ3v) is 3.73. The van der Waals surface area contributed by atoms with Crippen LogP contribution in [-0.4, -0.2) is 24.2 Å². The lowest BCUT2D eigenvalue weighted by Gasteiger charge is -2.04. The number of rotatable bonds is 3. The molecule has 0 unspecified atom stereocenters. The van der Waals surface area contributed by atoms with Crippen LogP contribution in [0.4, 0.5) is 0 Å². The summed E-state index contributed by atoms with van der Waals surface area (Å²) in [5, 5.41) is 0. The average molecular weight is 333 g/mol. The molecule has 4 nitrogen and oxygen atoms in total. The monoisotopic (exact) mass is 332 g/mol. The third kappa shape index (κ3) is 2.25. The third-order valence-electron chi connectivity index (χ3n) is 3.11. The number of aromatic nitrogens is 2. The molecule has 0 atom stereocenters. The van der Waals surface area contributed by atoms with Gasteiger partial charge in [0.25, 0.3) is 0 Å². The Labute approximate surface area is 124 Å². The Bertz CT molecular complexity index is 768. The van der Waals surface area contributed by atoms with E-state index in [1.54, 1.807) is 14.2 Å². The van der Waals surface area contributed by atoms with E-state index in [-0.39, 0.29) is 0 Å². The molecule has 0 bridgehead atoms. The second-order valence-electron chi connectivity index (χ2n) is 4.32. The fourth-order valence-electron chi connectivity index (χ4n) is 2.07. The molecule has 1 N–H and O–H groups in total. The largest absolute Gasteiger partial charge is 0.497 e. The zero-order chi connectivity index (χ0) is 14.1. The van der Waals surface area contributed by atoms with Crippen molar-refractivity contribution >= 4 is 27.0 Å². The molecular weight excluding hydrogens is 320 g/mol. The second kappa shape index (κ2) is 5.17. The van der Waals surface area contributed by atoms with Crippen molar-refractivity contribution in [2.24, 2.45) is 0 Å². The van der Waals surface area contributed by atoms with Crippen molar-refractivity contribution < 1.29 is 9.47 Å². The number of nitrogens with zero attached hydrogens (tertiary/aromatic N) is 1. The predicted octanol–water partition coefficient (Wildman–Crippen LogP) is 4.01. The summed E-state index contributed by atoms with van der Waals surface area (Å²) >= 11 is 3.48. The van der Waals surface area contributed by atoms with Crippen LogP contribution in [0.1, 0.15) is 0 Å². The molecule has 0 aliphatic rings. The maximum atomic E-state index is 5.23. The fourth-order valence-corrected chi connectivity index (χ4v) is 2.61. The minimum atomic E-state index is 0.798. The minimum Gasteiger partial charge on any atom is -0.497 e. The fraction of sp³-hybridized carbons (Fsp3) is 0.133. The first kappa shape index (κ1) is 13.0. The zero-order valence-corrected chi connectivity index (χ0v) is 12.7. The first-order valence-electron chi connectivity index (χ1n) is 6.09. The molecule has 0 amide bonds. The normalized spacial score (nSPS) is 10.8. The highest BCUT2D eigenvalue weighted by molar-refractivity contribution is 9.10. The van der Waals surface area contributed by atoms with Crippen molar-refractivity contribution in [2.75, 3.05) is 14.2 Å². The van der Waals surface area contributed by atoms with E-state index in [2.05, 4.69) is 25.9 Å². The number of halogens is 1. The second-order valence-corrected chi connectivity index (χ2v) is 5.17. The van der Waals surface area contributed by atoms with Gasteiger partial charge in [-0.05, 0) is 46.3 Å². The van der Waals surface area contributed by atoms with E-state index < -0.39 is 0 Å². The van der Waals surface area contributed by atoms with E-state index in [0.29, 0.717) is 0 Å². The molecule has 3 rings (SSSR count). The van der Waals surface area contributed by atoms with Crippen molar-refractivity contribution in [3.8, 4) is 22.9 Å². The van der Waals surface area contributed by atoms with Gasteiger partial charge in [0.15, 0.2) is 0 Å². The van der Waals surface area contributed by atoms with E-state index in [4.69, 9.17) is 9.47 Å². The lowest BCUT2D eigenvalue weighted by atomic mass is 10.2. The molecule has 1 aromatic heterocycles. The Morgan fingerprint density at radius 2 is 1.90 bits per heavy atom. The van der Waals surface area contributed by atoms with Crippen LogP contribution in [0.25, 0.3) is 22.4 Å². The van der Waals surface area contributed by atoms with Crippen molar-refractivity contribution in [3.05, 3.63) is 40.9 Å². The van der Waals surface area contributed by atoms with Crippen molar-refractivity contribution in [2.45, 2.75) is 0 Å². The highest BCUT2D eigenvalue weighted by Gasteiger charge is 2.08. The summed E-state index contributed by atoms with van der Waals surface area (Å²) in [6.07, 6.45) is 0. The highest BCUT2D eigenvalue weighted by Crippen LogP contribution is 2.30. The molecule has 0 aliphatic heterocycles. The first-order valence-corrected chi connectivity index (χ1v) is 6.88. The van der Waals surface area contributed by atoms with Crippen molar-refractivity contribution in [1.29, 1.82) is 0 Å². The molecule has 2 aromatic carbocycles. The van der Waals surface area contributed by atoms with Crippen LogP contribution in [-0.2, 0) is 0 Å². The Morgan fingerprint density at radius 3 is 2.60 bits per heavy atom. The molecule has 3 aromatic rings. The van der Waals surface area contributed by atoms with Gasteiger partial charge in [0.1, 0.15) is 17.3 Å². The van der Waals surface area contributed by atoms with Crippen LogP contribution in [0.15, 0.2) is 40.9 Å². The maximum Gasteiger partial charge on any atom is 0.138 e. The number of methoxy groups -OCH3 is 2. The standard InChI is InChI=1S/C15H13BrN2O2/c1-19-10-4-5-12-13(8-10)18-15(17-12)9-3-6-14(20-2)11(16)7-9/h3-8H,1-2H3,(H,17,18). The summed E-state index contributed by atoms with van der Waals surface area (Å²) in [5.41, 5.74) is 2.85. The Kier molecular flexibility index (Phi) is 3.36. The summed E-state index contributed by atoms with van der Waals surface area (Å²) in [7, 11) is 3.30. The number of aromatic amines is 1. The number of nitrogens with one attached hydrogen (secondary N) is 1. The number of hydrogen-bond donors (Lipinski definition) is 1. The van der Waals surface area contributed by atoms with Gasteiger partial charge < -0.3 is 14.5 Å². The van der Waals surface area contributed by atoms with Crippen molar-refractivity contribution in [1.82, 2.24) is 9.97 Å². The average Bonchev–Trinajstić information content (AvgIpc) is 2.89. The number of H-pyrrole nitrogens is 1. The Hall–Kier alpha value is -2.01. The molecule has 102 valence electrons. The maximum absolute atomic E-state index is 5.23. The molecule has 20 heavy (non-hydrogen) atoms. The van der Waals surface area contributed by atoms with Gasteiger partial charge >= 0.3 is 0 Å². The molecule has 5 heteroatoms. The summed E-state index contributed by atoms with van der Waals surface area (Å²) in [6.45, 7) is 0. The Balaban J connectivity index is 2.07. The van der Waals surface area contributed by atoms with Gasteiger partial charge in [-0.25, -0.2) is 4.98 Å². The molecule has 0 fully saturated rings. The van der Waals surface area contributed by atoms with Crippen molar-refractivity contribution in [3.63, 3.8) is 0 Å². The van der Waals surface area contributed by atoms with E-state index in [9.17, 15) is 0 Å². The lowest BCUT2D eigenvalue weighted by Crippen LogP contribution is -1.86. The number of ether oxygens (including phenoxy) is 2. The number of benzene rings is 2. The quantitative estimate of drug-likeness (QED) is 0.788. The number of fused-ring (bicyclic) bond motifs is 1. The van der Waals surface area contributed by atoms with Gasteiger partial charge in [0, 0.05) is 11.6 Å².